The molecule has 35 heavy (non-hydrogen) atoms. The Kier molecular flexibility index (Phi) is 7.90. The summed E-state index contributed by atoms with van der Waals surface area (Å²) in [5, 5.41) is 0.509. The van der Waals surface area contributed by atoms with E-state index in [4.69, 9.17) is 21.1 Å². The summed E-state index contributed by atoms with van der Waals surface area (Å²) in [5.74, 6) is 0.280. The van der Waals surface area contributed by atoms with Crippen LogP contribution >= 0.6 is 27.5 Å². The summed E-state index contributed by atoms with van der Waals surface area (Å²) in [6, 6.07) is 11.7. The minimum Gasteiger partial charge on any atom is -0.473 e. The van der Waals surface area contributed by atoms with E-state index in [1.807, 2.05) is 0 Å². The Bertz CT molecular complexity index is 1380. The first-order valence-corrected chi connectivity index (χ1v) is 12.6. The molecule has 4 aromatic rings. The van der Waals surface area contributed by atoms with Gasteiger partial charge in [-0.25, -0.2) is 29.6 Å². The highest BCUT2D eigenvalue weighted by molar-refractivity contribution is 9.10. The molecule has 0 radical (unpaired) electrons. The lowest BCUT2D eigenvalue weighted by Crippen LogP contribution is -2.23. The van der Waals surface area contributed by atoms with Gasteiger partial charge < -0.3 is 9.47 Å². The summed E-state index contributed by atoms with van der Waals surface area (Å²) in [6.07, 6.45) is 5.77. The number of aromatic nitrogens is 5. The normalized spacial score (nSPS) is 11.0. The van der Waals surface area contributed by atoms with Gasteiger partial charge >= 0.3 is 16.2 Å². The number of ether oxygens (including phenoxy) is 2. The standard InChI is InChI=1S/C21H17BrClN7O4S/c22-15-11-25-21(26-12-15)34-10-9-33-20-18(14-4-6-16(23)7-5-14)19(27-13-28-20)30-35(31,32)29-17-3-1-2-8-24-17/h1-8,11-13H,9-10H2,(H,24,29)(H,27,28,30). The summed E-state index contributed by atoms with van der Waals surface area (Å²) >= 11 is 9.28. The molecule has 11 nitrogen and oxygen atoms in total. The minimum atomic E-state index is -4.09. The number of nitrogens with zero attached hydrogens (tertiary/aromatic N) is 5. The first-order valence-electron chi connectivity index (χ1n) is 9.95. The van der Waals surface area contributed by atoms with Crippen LogP contribution in [-0.2, 0) is 10.2 Å². The number of halogens is 2. The van der Waals surface area contributed by atoms with Crippen LogP contribution in [0.5, 0.6) is 11.9 Å². The van der Waals surface area contributed by atoms with Gasteiger partial charge in [-0.1, -0.05) is 29.8 Å². The van der Waals surface area contributed by atoms with Gasteiger partial charge in [0.2, 0.25) is 5.88 Å². The smallest absolute Gasteiger partial charge is 0.323 e. The Balaban J connectivity index is 1.56. The highest BCUT2D eigenvalue weighted by Gasteiger charge is 2.20. The molecule has 14 heteroatoms. The van der Waals surface area contributed by atoms with Crippen molar-refractivity contribution in [3.8, 4) is 23.0 Å². The number of benzene rings is 1. The largest absolute Gasteiger partial charge is 0.473 e. The van der Waals surface area contributed by atoms with Crippen LogP contribution in [-0.4, -0.2) is 46.6 Å². The molecule has 0 saturated carbocycles. The van der Waals surface area contributed by atoms with Crippen molar-refractivity contribution in [2.45, 2.75) is 0 Å². The van der Waals surface area contributed by atoms with Gasteiger partial charge in [-0.3, -0.25) is 4.72 Å². The third-order valence-corrected chi connectivity index (χ3v) is 5.83. The van der Waals surface area contributed by atoms with Crippen molar-refractivity contribution in [3.63, 3.8) is 0 Å². The Morgan fingerprint density at radius 3 is 2.34 bits per heavy atom. The van der Waals surface area contributed by atoms with Crippen LogP contribution in [0.15, 0.2) is 71.9 Å². The first-order chi connectivity index (χ1) is 16.9. The summed E-state index contributed by atoms with van der Waals surface area (Å²) in [7, 11) is -4.09. The second kappa shape index (κ2) is 11.3. The SMILES string of the molecule is O=S(=O)(Nc1ccccn1)Nc1ncnc(OCCOc2ncc(Br)cn2)c1-c1ccc(Cl)cc1. The predicted molar refractivity (Wildman–Crippen MR) is 134 cm³/mol. The molecule has 0 aliphatic rings. The third kappa shape index (κ3) is 6.97. The van der Waals surface area contributed by atoms with Crippen LogP contribution in [0, 0.1) is 0 Å². The second-order valence-corrected chi connectivity index (χ2v) is 9.48. The van der Waals surface area contributed by atoms with E-state index in [0.29, 0.717) is 16.1 Å². The molecular weight excluding hydrogens is 562 g/mol. The lowest BCUT2D eigenvalue weighted by Gasteiger charge is -2.16. The van der Waals surface area contributed by atoms with Crippen molar-refractivity contribution in [2.24, 2.45) is 0 Å². The van der Waals surface area contributed by atoms with E-state index in [-0.39, 0.29) is 36.7 Å². The number of pyridine rings is 1. The highest BCUT2D eigenvalue weighted by Crippen LogP contribution is 2.35. The molecule has 0 aliphatic carbocycles. The fourth-order valence-electron chi connectivity index (χ4n) is 2.79. The molecule has 2 N–H and O–H groups in total. The minimum absolute atomic E-state index is 0.00193. The molecule has 1 aromatic carbocycles. The Morgan fingerprint density at radius 2 is 1.63 bits per heavy atom. The van der Waals surface area contributed by atoms with E-state index in [0.717, 1.165) is 4.47 Å². The zero-order valence-electron chi connectivity index (χ0n) is 17.8. The molecule has 0 unspecified atom stereocenters. The number of hydrogen-bond acceptors (Lipinski definition) is 9. The average Bonchev–Trinajstić information content (AvgIpc) is 2.84. The molecule has 180 valence electrons. The van der Waals surface area contributed by atoms with Crippen molar-refractivity contribution in [1.82, 2.24) is 24.9 Å². The first kappa shape index (κ1) is 24.6. The monoisotopic (exact) mass is 577 g/mol. The fourth-order valence-corrected chi connectivity index (χ4v) is 3.98. The summed E-state index contributed by atoms with van der Waals surface area (Å²) < 4.78 is 42.2. The van der Waals surface area contributed by atoms with E-state index >= 15 is 0 Å². The zero-order chi connectivity index (χ0) is 24.7. The van der Waals surface area contributed by atoms with Crippen molar-refractivity contribution in [1.29, 1.82) is 0 Å². The van der Waals surface area contributed by atoms with Crippen LogP contribution < -0.4 is 18.9 Å². The highest BCUT2D eigenvalue weighted by atomic mass is 79.9. The lowest BCUT2D eigenvalue weighted by molar-refractivity contribution is 0.202. The number of hydrogen-bond donors (Lipinski definition) is 2. The number of nitrogens with one attached hydrogen (secondary N) is 2. The van der Waals surface area contributed by atoms with Gasteiger partial charge in [0.25, 0.3) is 0 Å². The average molecular weight is 579 g/mol. The van der Waals surface area contributed by atoms with Crippen molar-refractivity contribution in [2.75, 3.05) is 22.7 Å². The Hall–Kier alpha value is -3.55. The molecule has 0 aliphatic heterocycles. The summed E-state index contributed by atoms with van der Waals surface area (Å²) in [6.45, 7) is 0.198. The summed E-state index contributed by atoms with van der Waals surface area (Å²) in [4.78, 5) is 20.3. The topological polar surface area (TPSA) is 141 Å². The van der Waals surface area contributed by atoms with Gasteiger partial charge in [0.05, 0.1) is 10.0 Å². The van der Waals surface area contributed by atoms with Gasteiger partial charge in [-0.2, -0.15) is 8.42 Å². The fraction of sp³-hybridized carbons (Fsp3) is 0.0952. The third-order valence-electron chi connectivity index (χ3n) is 4.23. The molecule has 0 bridgehead atoms. The van der Waals surface area contributed by atoms with Gasteiger partial charge in [0, 0.05) is 23.6 Å². The maximum Gasteiger partial charge on any atom is 0.323 e. The van der Waals surface area contributed by atoms with Crippen molar-refractivity contribution < 1.29 is 17.9 Å². The second-order valence-electron chi connectivity index (χ2n) is 6.71. The molecule has 0 spiro atoms. The van der Waals surface area contributed by atoms with Gasteiger partial charge in [0.15, 0.2) is 5.82 Å². The number of anilines is 2. The van der Waals surface area contributed by atoms with E-state index < -0.39 is 10.2 Å². The molecule has 0 amide bonds. The van der Waals surface area contributed by atoms with Gasteiger partial charge in [-0.05, 0) is 45.8 Å². The predicted octanol–water partition coefficient (Wildman–Crippen LogP) is 3.97. The number of rotatable bonds is 10. The van der Waals surface area contributed by atoms with Gasteiger partial charge in [0.1, 0.15) is 25.4 Å². The lowest BCUT2D eigenvalue weighted by atomic mass is 10.1. The van der Waals surface area contributed by atoms with E-state index in [2.05, 4.69) is 50.3 Å². The van der Waals surface area contributed by atoms with Crippen LogP contribution in [0.3, 0.4) is 0 Å². The maximum atomic E-state index is 12.7. The molecule has 4 rings (SSSR count). The summed E-state index contributed by atoms with van der Waals surface area (Å²) in [5.41, 5.74) is 0.896. The quantitative estimate of drug-likeness (QED) is 0.267. The van der Waals surface area contributed by atoms with Crippen LogP contribution in [0.4, 0.5) is 11.6 Å². The van der Waals surface area contributed by atoms with Crippen LogP contribution in [0.2, 0.25) is 5.02 Å². The molecule has 0 saturated heterocycles. The molecule has 3 heterocycles. The van der Waals surface area contributed by atoms with E-state index in [9.17, 15) is 8.42 Å². The van der Waals surface area contributed by atoms with E-state index in [1.54, 1.807) is 48.8 Å². The Morgan fingerprint density at radius 1 is 0.886 bits per heavy atom. The molecule has 3 aromatic heterocycles. The van der Waals surface area contributed by atoms with Crippen LogP contribution in [0.25, 0.3) is 11.1 Å². The maximum absolute atomic E-state index is 12.7. The van der Waals surface area contributed by atoms with E-state index in [1.165, 1.54) is 18.6 Å². The molecule has 0 atom stereocenters. The zero-order valence-corrected chi connectivity index (χ0v) is 21.0. The molecule has 0 fully saturated rings. The molecular formula is C21H17BrClN7O4S. The van der Waals surface area contributed by atoms with Crippen molar-refractivity contribution >= 4 is 49.4 Å². The van der Waals surface area contributed by atoms with Crippen molar-refractivity contribution in [3.05, 3.63) is 76.9 Å². The van der Waals surface area contributed by atoms with Gasteiger partial charge in [-0.15, -0.1) is 0 Å². The van der Waals surface area contributed by atoms with Crippen LogP contribution in [0.1, 0.15) is 0 Å². The Labute approximate surface area is 214 Å².